The number of fused-ring (bicyclic) bond motifs is 3. The van der Waals surface area contributed by atoms with Crippen molar-refractivity contribution in [3.8, 4) is 0 Å². The van der Waals surface area contributed by atoms with E-state index in [2.05, 4.69) is 6.08 Å². The van der Waals surface area contributed by atoms with Crippen molar-refractivity contribution in [2.45, 2.75) is 31.8 Å². The fraction of sp³-hybridized carbons (Fsp3) is 0.400. The summed E-state index contributed by atoms with van der Waals surface area (Å²) >= 11 is 0. The first-order valence-electron chi connectivity index (χ1n) is 8.41. The average molecular weight is 324 g/mol. The number of ketones is 2. The number of rotatable bonds is 3. The summed E-state index contributed by atoms with van der Waals surface area (Å²) in [6.07, 6.45) is 5.36. The Morgan fingerprint density at radius 2 is 1.83 bits per heavy atom. The maximum absolute atomic E-state index is 13.0. The van der Waals surface area contributed by atoms with Gasteiger partial charge in [-0.15, -0.1) is 0 Å². The second-order valence-electron chi connectivity index (χ2n) is 6.61. The summed E-state index contributed by atoms with van der Waals surface area (Å²) in [5.41, 5.74) is 3.78. The standard InChI is InChI=1S/C20H20O4/c1-23-11-24-13-7-9-14-12(10-13)6-8-17-18(14)20(22)16-5-3-2-4-15(16)19(17)21/h2-6,13-14H,7-11H2,1H3/t13-,14-/m0/s1. The van der Waals surface area contributed by atoms with E-state index >= 15 is 0 Å². The van der Waals surface area contributed by atoms with Gasteiger partial charge in [-0.3, -0.25) is 9.59 Å². The molecule has 0 heterocycles. The smallest absolute Gasteiger partial charge is 0.190 e. The van der Waals surface area contributed by atoms with Crippen LogP contribution in [0, 0.1) is 5.92 Å². The first-order valence-corrected chi connectivity index (χ1v) is 8.41. The molecule has 3 aliphatic rings. The Bertz CT molecular complexity index is 772. The van der Waals surface area contributed by atoms with Crippen molar-refractivity contribution in [2.24, 2.45) is 5.92 Å². The molecule has 0 spiro atoms. The van der Waals surface area contributed by atoms with Crippen molar-refractivity contribution in [2.75, 3.05) is 13.9 Å². The molecule has 24 heavy (non-hydrogen) atoms. The van der Waals surface area contributed by atoms with Crippen LogP contribution in [0.1, 0.15) is 46.4 Å². The van der Waals surface area contributed by atoms with Crippen LogP contribution in [0.15, 0.2) is 47.1 Å². The van der Waals surface area contributed by atoms with E-state index in [-0.39, 0.29) is 23.6 Å². The Morgan fingerprint density at radius 1 is 1.08 bits per heavy atom. The molecule has 1 aromatic carbocycles. The monoisotopic (exact) mass is 324 g/mol. The molecule has 1 saturated carbocycles. The summed E-state index contributed by atoms with van der Waals surface area (Å²) in [5, 5.41) is 0. The molecule has 124 valence electrons. The molecule has 3 aliphatic carbocycles. The topological polar surface area (TPSA) is 52.6 Å². The minimum absolute atomic E-state index is 0.0215. The van der Waals surface area contributed by atoms with Crippen LogP contribution in [-0.2, 0) is 9.47 Å². The first kappa shape index (κ1) is 15.5. The molecule has 0 bridgehead atoms. The van der Waals surface area contributed by atoms with Gasteiger partial charge >= 0.3 is 0 Å². The first-order chi connectivity index (χ1) is 11.7. The zero-order chi connectivity index (χ0) is 16.7. The summed E-state index contributed by atoms with van der Waals surface area (Å²) in [4.78, 5) is 25.8. The van der Waals surface area contributed by atoms with Crippen LogP contribution < -0.4 is 0 Å². The molecule has 1 aromatic rings. The molecule has 4 heteroatoms. The van der Waals surface area contributed by atoms with E-state index in [0.29, 0.717) is 29.9 Å². The van der Waals surface area contributed by atoms with Crippen molar-refractivity contribution in [1.82, 2.24) is 0 Å². The Kier molecular flexibility index (Phi) is 3.94. The Morgan fingerprint density at radius 3 is 2.58 bits per heavy atom. The zero-order valence-corrected chi connectivity index (χ0v) is 13.7. The highest BCUT2D eigenvalue weighted by atomic mass is 16.7. The van der Waals surface area contributed by atoms with Gasteiger partial charge in [0.25, 0.3) is 0 Å². The van der Waals surface area contributed by atoms with Crippen LogP contribution in [0.4, 0.5) is 0 Å². The summed E-state index contributed by atoms with van der Waals surface area (Å²) in [5.74, 6) is 0.126. The molecule has 2 atom stereocenters. The minimum Gasteiger partial charge on any atom is -0.359 e. The maximum atomic E-state index is 13.0. The highest BCUT2D eigenvalue weighted by molar-refractivity contribution is 6.27. The molecular weight excluding hydrogens is 304 g/mol. The lowest BCUT2D eigenvalue weighted by atomic mass is 9.67. The van der Waals surface area contributed by atoms with Gasteiger partial charge in [0, 0.05) is 35.3 Å². The largest absolute Gasteiger partial charge is 0.359 e. The van der Waals surface area contributed by atoms with Crippen LogP contribution in [0.3, 0.4) is 0 Å². The molecular formula is C20H20O4. The molecule has 4 rings (SSSR count). The number of ether oxygens (including phenoxy) is 2. The van der Waals surface area contributed by atoms with Crippen molar-refractivity contribution in [3.63, 3.8) is 0 Å². The minimum atomic E-state index is 0.0215. The van der Waals surface area contributed by atoms with Crippen LogP contribution in [0.2, 0.25) is 0 Å². The highest BCUT2D eigenvalue weighted by Gasteiger charge is 2.40. The summed E-state index contributed by atoms with van der Waals surface area (Å²) in [7, 11) is 1.62. The van der Waals surface area contributed by atoms with Gasteiger partial charge in [-0.2, -0.15) is 0 Å². The highest BCUT2D eigenvalue weighted by Crippen LogP contribution is 2.45. The number of methoxy groups -OCH3 is 1. The number of carbonyl (C=O) groups is 2. The number of hydrogen-bond donors (Lipinski definition) is 0. The van der Waals surface area contributed by atoms with E-state index in [1.54, 1.807) is 19.2 Å². The van der Waals surface area contributed by atoms with Gasteiger partial charge in [-0.1, -0.05) is 35.9 Å². The van der Waals surface area contributed by atoms with E-state index in [9.17, 15) is 9.59 Å². The van der Waals surface area contributed by atoms with Gasteiger partial charge in [0.1, 0.15) is 6.79 Å². The number of hydrogen-bond acceptors (Lipinski definition) is 4. The van der Waals surface area contributed by atoms with Crippen molar-refractivity contribution in [1.29, 1.82) is 0 Å². The van der Waals surface area contributed by atoms with Gasteiger partial charge in [-0.05, 0) is 25.7 Å². The second kappa shape index (κ2) is 6.11. The van der Waals surface area contributed by atoms with Gasteiger partial charge in [0.05, 0.1) is 6.10 Å². The Balaban J connectivity index is 1.65. The van der Waals surface area contributed by atoms with Crippen molar-refractivity contribution >= 4 is 11.6 Å². The number of allylic oxidation sites excluding steroid dienone is 3. The number of Topliss-reactive ketones (excluding diaryl/α,β-unsaturated/α-hetero) is 2. The SMILES string of the molecule is COCO[C@H]1CC[C@H]2C(=CCC3=C2C(=O)c2ccccc2C3=O)C1. The zero-order valence-electron chi connectivity index (χ0n) is 13.7. The van der Waals surface area contributed by atoms with Gasteiger partial charge in [0.2, 0.25) is 0 Å². The molecule has 0 saturated heterocycles. The van der Waals surface area contributed by atoms with E-state index in [1.165, 1.54) is 5.57 Å². The molecule has 4 nitrogen and oxygen atoms in total. The third-order valence-electron chi connectivity index (χ3n) is 5.29. The molecule has 0 radical (unpaired) electrons. The van der Waals surface area contributed by atoms with Crippen molar-refractivity contribution < 1.29 is 19.1 Å². The lowest BCUT2D eigenvalue weighted by molar-refractivity contribution is -0.0787. The number of benzene rings is 1. The predicted octanol–water partition coefficient (Wildman–Crippen LogP) is 3.48. The second-order valence-corrected chi connectivity index (χ2v) is 6.61. The fourth-order valence-electron chi connectivity index (χ4n) is 4.16. The van der Waals surface area contributed by atoms with Gasteiger partial charge in [-0.25, -0.2) is 0 Å². The summed E-state index contributed by atoms with van der Waals surface area (Å²) < 4.78 is 10.7. The van der Waals surface area contributed by atoms with E-state index in [1.807, 2.05) is 12.1 Å². The van der Waals surface area contributed by atoms with Crippen LogP contribution in [-0.4, -0.2) is 31.6 Å². The number of carbonyl (C=O) groups excluding carboxylic acids is 2. The van der Waals surface area contributed by atoms with E-state index < -0.39 is 0 Å². The third kappa shape index (κ3) is 2.38. The van der Waals surface area contributed by atoms with E-state index in [0.717, 1.165) is 24.8 Å². The molecule has 0 amide bonds. The molecule has 0 unspecified atom stereocenters. The van der Waals surface area contributed by atoms with Crippen LogP contribution in [0.5, 0.6) is 0 Å². The maximum Gasteiger partial charge on any atom is 0.190 e. The quantitative estimate of drug-likeness (QED) is 0.631. The predicted molar refractivity (Wildman–Crippen MR) is 88.9 cm³/mol. The normalized spacial score (nSPS) is 25.8. The Labute approximate surface area is 141 Å². The van der Waals surface area contributed by atoms with Crippen LogP contribution >= 0.6 is 0 Å². The third-order valence-corrected chi connectivity index (χ3v) is 5.29. The summed E-state index contributed by atoms with van der Waals surface area (Å²) in [6, 6.07) is 7.17. The van der Waals surface area contributed by atoms with Crippen LogP contribution in [0.25, 0.3) is 0 Å². The van der Waals surface area contributed by atoms with Gasteiger partial charge in [0.15, 0.2) is 11.6 Å². The molecule has 1 fully saturated rings. The Hall–Kier alpha value is -2.04. The lowest BCUT2D eigenvalue weighted by Gasteiger charge is -2.37. The van der Waals surface area contributed by atoms with E-state index in [4.69, 9.17) is 9.47 Å². The average Bonchev–Trinajstić information content (AvgIpc) is 2.63. The fourth-order valence-corrected chi connectivity index (χ4v) is 4.16. The van der Waals surface area contributed by atoms with Crippen molar-refractivity contribution in [3.05, 3.63) is 58.2 Å². The molecule has 0 aliphatic heterocycles. The molecule has 0 aromatic heterocycles. The van der Waals surface area contributed by atoms with Gasteiger partial charge < -0.3 is 9.47 Å². The lowest BCUT2D eigenvalue weighted by Crippen LogP contribution is -2.33. The summed E-state index contributed by atoms with van der Waals surface area (Å²) in [6.45, 7) is 0.293. The molecule has 0 N–H and O–H groups in total.